The summed E-state index contributed by atoms with van der Waals surface area (Å²) in [6, 6.07) is 8.70. The number of nitrogens with zero attached hydrogens (tertiary/aromatic N) is 2. The van der Waals surface area contributed by atoms with Gasteiger partial charge in [0.2, 0.25) is 0 Å². The minimum Gasteiger partial charge on any atom is -0.423 e. The minimum absolute atomic E-state index is 0.276. The molecule has 0 radical (unpaired) electrons. The molecule has 4 nitrogen and oxygen atoms in total. The lowest BCUT2D eigenvalue weighted by Gasteiger charge is -2.29. The van der Waals surface area contributed by atoms with Gasteiger partial charge in [-0.15, -0.1) is 0 Å². The Morgan fingerprint density at radius 1 is 0.933 bits per heavy atom. The van der Waals surface area contributed by atoms with E-state index in [1.54, 1.807) is 19.3 Å². The van der Waals surface area contributed by atoms with Crippen molar-refractivity contribution < 1.29 is 9.53 Å². The summed E-state index contributed by atoms with van der Waals surface area (Å²) in [5, 5.41) is 0. The van der Waals surface area contributed by atoms with Crippen LogP contribution in [0.1, 0.15) is 96.0 Å². The topological polar surface area (TPSA) is 52.1 Å². The third-order valence-corrected chi connectivity index (χ3v) is 6.35. The van der Waals surface area contributed by atoms with Crippen molar-refractivity contribution in [1.29, 1.82) is 0 Å². The van der Waals surface area contributed by atoms with Crippen LogP contribution in [0.15, 0.2) is 36.7 Å². The van der Waals surface area contributed by atoms with Gasteiger partial charge in [-0.05, 0) is 43.1 Å². The molecule has 1 aliphatic carbocycles. The van der Waals surface area contributed by atoms with Crippen molar-refractivity contribution in [1.82, 2.24) is 9.97 Å². The van der Waals surface area contributed by atoms with Gasteiger partial charge in [0.1, 0.15) is 0 Å². The Hall–Kier alpha value is -2.23. The van der Waals surface area contributed by atoms with Crippen LogP contribution in [-0.2, 0) is 4.79 Å². The van der Waals surface area contributed by atoms with E-state index < -0.39 is 0 Å². The summed E-state index contributed by atoms with van der Waals surface area (Å²) in [5.74, 6) is 2.40. The van der Waals surface area contributed by atoms with Gasteiger partial charge < -0.3 is 4.74 Å². The number of benzene rings is 1. The predicted molar refractivity (Wildman–Crippen MR) is 121 cm³/mol. The molecule has 1 aliphatic rings. The first-order valence-corrected chi connectivity index (χ1v) is 11.8. The highest BCUT2D eigenvalue weighted by atomic mass is 16.5. The van der Waals surface area contributed by atoms with Gasteiger partial charge in [0.15, 0.2) is 11.6 Å². The smallest absolute Gasteiger partial charge is 0.311 e. The van der Waals surface area contributed by atoms with Crippen LogP contribution in [-0.4, -0.2) is 15.9 Å². The Labute approximate surface area is 181 Å². The van der Waals surface area contributed by atoms with Gasteiger partial charge >= 0.3 is 5.97 Å². The SMILES string of the molecule is CCCCCCC[C@H]1CC[C@H](c2ccc(-c3ncc(OC(=O)CC)cn3)cc2)CC1. The molecule has 0 amide bonds. The standard InChI is InChI=1S/C26H36N2O2/c1-3-5-6-7-8-9-20-10-12-21(13-11-20)22-14-16-23(17-15-22)26-27-18-24(19-28-26)30-25(29)4-2/h14-21H,3-13H2,1-2H3/t20-,21-. The summed E-state index contributed by atoms with van der Waals surface area (Å²) >= 11 is 0. The molecule has 2 aromatic rings. The number of unbranched alkanes of at least 4 members (excludes halogenated alkanes) is 4. The van der Waals surface area contributed by atoms with Crippen molar-refractivity contribution in [2.24, 2.45) is 5.92 Å². The van der Waals surface area contributed by atoms with Crippen molar-refractivity contribution in [2.75, 3.05) is 0 Å². The van der Waals surface area contributed by atoms with Crippen LogP contribution in [0, 0.1) is 5.92 Å². The molecule has 4 heteroatoms. The molecule has 162 valence electrons. The summed E-state index contributed by atoms with van der Waals surface area (Å²) < 4.78 is 5.14. The first kappa shape index (κ1) is 22.5. The lowest BCUT2D eigenvalue weighted by atomic mass is 9.77. The highest BCUT2D eigenvalue weighted by molar-refractivity contribution is 5.71. The van der Waals surface area contributed by atoms with Crippen LogP contribution in [0.4, 0.5) is 0 Å². The van der Waals surface area contributed by atoms with E-state index in [2.05, 4.69) is 41.2 Å². The van der Waals surface area contributed by atoms with E-state index in [-0.39, 0.29) is 5.97 Å². The highest BCUT2D eigenvalue weighted by Crippen LogP contribution is 2.38. The van der Waals surface area contributed by atoms with E-state index in [1.165, 1.54) is 69.8 Å². The fraction of sp³-hybridized carbons (Fsp3) is 0.577. The normalized spacial score (nSPS) is 18.9. The van der Waals surface area contributed by atoms with Gasteiger partial charge in [0.05, 0.1) is 12.4 Å². The maximum atomic E-state index is 11.4. The lowest BCUT2D eigenvalue weighted by Crippen LogP contribution is -2.13. The molecule has 0 unspecified atom stereocenters. The highest BCUT2D eigenvalue weighted by Gasteiger charge is 2.22. The largest absolute Gasteiger partial charge is 0.423 e. The quantitative estimate of drug-likeness (QED) is 0.311. The molecule has 0 spiro atoms. The monoisotopic (exact) mass is 408 g/mol. The minimum atomic E-state index is -0.276. The summed E-state index contributed by atoms with van der Waals surface area (Å²) in [4.78, 5) is 20.1. The Bertz CT molecular complexity index is 763. The van der Waals surface area contributed by atoms with Crippen molar-refractivity contribution in [3.63, 3.8) is 0 Å². The van der Waals surface area contributed by atoms with E-state index >= 15 is 0 Å². The molecular weight excluding hydrogens is 372 g/mol. The van der Waals surface area contributed by atoms with E-state index in [4.69, 9.17) is 4.74 Å². The summed E-state index contributed by atoms with van der Waals surface area (Å²) in [7, 11) is 0. The summed E-state index contributed by atoms with van der Waals surface area (Å²) in [6.07, 6.45) is 17.2. The van der Waals surface area contributed by atoms with E-state index in [1.807, 2.05) is 0 Å². The molecule has 1 aromatic carbocycles. The third-order valence-electron chi connectivity index (χ3n) is 6.35. The molecule has 0 saturated heterocycles. The second-order valence-corrected chi connectivity index (χ2v) is 8.61. The van der Waals surface area contributed by atoms with Crippen LogP contribution >= 0.6 is 0 Å². The van der Waals surface area contributed by atoms with Crippen molar-refractivity contribution in [3.05, 3.63) is 42.2 Å². The van der Waals surface area contributed by atoms with E-state index in [0.717, 1.165) is 11.5 Å². The molecule has 0 atom stereocenters. The Morgan fingerprint density at radius 3 is 2.23 bits per heavy atom. The van der Waals surface area contributed by atoms with Gasteiger partial charge in [-0.1, -0.05) is 76.6 Å². The molecule has 1 fully saturated rings. The van der Waals surface area contributed by atoms with Gasteiger partial charge in [0.25, 0.3) is 0 Å². The van der Waals surface area contributed by atoms with Gasteiger partial charge in [-0.2, -0.15) is 0 Å². The van der Waals surface area contributed by atoms with Crippen molar-refractivity contribution >= 4 is 5.97 Å². The van der Waals surface area contributed by atoms with Gasteiger partial charge in [0, 0.05) is 12.0 Å². The van der Waals surface area contributed by atoms with Crippen LogP contribution < -0.4 is 4.74 Å². The number of carbonyl (C=O) groups is 1. The molecular formula is C26H36N2O2. The van der Waals surface area contributed by atoms with Crippen LogP contribution in [0.3, 0.4) is 0 Å². The third kappa shape index (κ3) is 6.65. The average Bonchev–Trinajstić information content (AvgIpc) is 2.80. The van der Waals surface area contributed by atoms with Gasteiger partial charge in [-0.25, -0.2) is 9.97 Å². The number of ether oxygens (including phenoxy) is 1. The van der Waals surface area contributed by atoms with E-state index in [9.17, 15) is 4.79 Å². The van der Waals surface area contributed by atoms with Crippen molar-refractivity contribution in [2.45, 2.75) is 90.4 Å². The van der Waals surface area contributed by atoms with Crippen LogP contribution in [0.5, 0.6) is 5.75 Å². The number of esters is 1. The number of rotatable bonds is 10. The molecule has 1 saturated carbocycles. The Morgan fingerprint density at radius 2 is 1.60 bits per heavy atom. The molecule has 0 N–H and O–H groups in total. The fourth-order valence-electron chi connectivity index (χ4n) is 4.45. The summed E-state index contributed by atoms with van der Waals surface area (Å²) in [6.45, 7) is 4.05. The number of hydrogen-bond acceptors (Lipinski definition) is 4. The first-order chi connectivity index (χ1) is 14.7. The number of carbonyl (C=O) groups excluding carboxylic acids is 1. The molecule has 1 aromatic heterocycles. The maximum absolute atomic E-state index is 11.4. The Kier molecular flexibility index (Phi) is 8.85. The number of aromatic nitrogens is 2. The average molecular weight is 409 g/mol. The second-order valence-electron chi connectivity index (χ2n) is 8.61. The zero-order valence-electron chi connectivity index (χ0n) is 18.6. The fourth-order valence-corrected chi connectivity index (χ4v) is 4.45. The molecule has 0 bridgehead atoms. The molecule has 30 heavy (non-hydrogen) atoms. The first-order valence-electron chi connectivity index (χ1n) is 11.8. The molecule has 0 aliphatic heterocycles. The lowest BCUT2D eigenvalue weighted by molar-refractivity contribution is -0.134. The van der Waals surface area contributed by atoms with Gasteiger partial charge in [-0.3, -0.25) is 4.79 Å². The zero-order chi connectivity index (χ0) is 21.2. The zero-order valence-corrected chi connectivity index (χ0v) is 18.6. The molecule has 1 heterocycles. The predicted octanol–water partition coefficient (Wildman–Crippen LogP) is 7.09. The van der Waals surface area contributed by atoms with Crippen LogP contribution in [0.2, 0.25) is 0 Å². The number of hydrogen-bond donors (Lipinski definition) is 0. The maximum Gasteiger partial charge on any atom is 0.311 e. The van der Waals surface area contributed by atoms with E-state index in [0.29, 0.717) is 23.9 Å². The molecule has 3 rings (SSSR count). The Balaban J connectivity index is 1.47. The van der Waals surface area contributed by atoms with Crippen molar-refractivity contribution in [3.8, 4) is 17.1 Å². The second kappa shape index (κ2) is 11.8. The van der Waals surface area contributed by atoms with Crippen LogP contribution in [0.25, 0.3) is 11.4 Å². The summed E-state index contributed by atoms with van der Waals surface area (Å²) in [5.41, 5.74) is 2.43.